The van der Waals surface area contributed by atoms with E-state index in [4.69, 9.17) is 0 Å². The van der Waals surface area contributed by atoms with Crippen LogP contribution in [0.4, 0.5) is 0 Å². The van der Waals surface area contributed by atoms with Gasteiger partial charge in [0.25, 0.3) is 5.91 Å². The number of amides is 1. The van der Waals surface area contributed by atoms with E-state index in [1.807, 2.05) is 43.5 Å². The van der Waals surface area contributed by atoms with Gasteiger partial charge >= 0.3 is 0 Å². The van der Waals surface area contributed by atoms with E-state index < -0.39 is 17.7 Å². The predicted octanol–water partition coefficient (Wildman–Crippen LogP) is 2.78. The standard InChI is InChI=1S/C20H21N3O3/c1-2-22-12-15(10-21-22)17-16(18(24)14-8-9-14)19(25)20(26)23(17)11-13-6-4-3-5-7-13/h3-7,10,12,14,17,25H,2,8-9,11H2,1H3. The lowest BCUT2D eigenvalue weighted by molar-refractivity contribution is -0.130. The zero-order valence-corrected chi connectivity index (χ0v) is 14.6. The number of ketones is 1. The zero-order chi connectivity index (χ0) is 18.3. The van der Waals surface area contributed by atoms with Crippen LogP contribution in [-0.2, 0) is 22.7 Å². The summed E-state index contributed by atoms with van der Waals surface area (Å²) < 4.78 is 1.76. The third-order valence-corrected chi connectivity index (χ3v) is 5.01. The van der Waals surface area contributed by atoms with E-state index in [0.29, 0.717) is 13.1 Å². The van der Waals surface area contributed by atoms with Crippen LogP contribution in [0.3, 0.4) is 0 Å². The first-order valence-corrected chi connectivity index (χ1v) is 8.94. The molecular weight excluding hydrogens is 330 g/mol. The number of benzene rings is 1. The van der Waals surface area contributed by atoms with Gasteiger partial charge in [-0.3, -0.25) is 14.3 Å². The second-order valence-corrected chi connectivity index (χ2v) is 6.85. The Morgan fingerprint density at radius 3 is 2.62 bits per heavy atom. The maximum absolute atomic E-state index is 12.8. The van der Waals surface area contributed by atoms with Crippen LogP contribution < -0.4 is 0 Å². The Morgan fingerprint density at radius 2 is 2.00 bits per heavy atom. The highest BCUT2D eigenvalue weighted by molar-refractivity contribution is 6.10. The van der Waals surface area contributed by atoms with Gasteiger partial charge in [-0.25, -0.2) is 0 Å². The Hall–Kier alpha value is -2.89. The first-order chi connectivity index (χ1) is 12.6. The molecule has 134 valence electrons. The van der Waals surface area contributed by atoms with E-state index in [9.17, 15) is 14.7 Å². The molecule has 1 N–H and O–H groups in total. The van der Waals surface area contributed by atoms with Crippen LogP contribution in [0.15, 0.2) is 54.1 Å². The number of carbonyl (C=O) groups is 2. The molecule has 1 atom stereocenters. The molecule has 1 saturated carbocycles. The minimum atomic E-state index is -0.587. The SMILES string of the molecule is CCn1cc(C2C(C(=O)C3CC3)=C(O)C(=O)N2Cc2ccccc2)cn1. The van der Waals surface area contributed by atoms with E-state index >= 15 is 0 Å². The van der Waals surface area contributed by atoms with Crippen molar-refractivity contribution in [3.05, 3.63) is 65.2 Å². The highest BCUT2D eigenvalue weighted by atomic mass is 16.3. The van der Waals surface area contributed by atoms with Crippen LogP contribution in [0.25, 0.3) is 0 Å². The number of hydrogen-bond donors (Lipinski definition) is 1. The zero-order valence-electron chi connectivity index (χ0n) is 14.6. The van der Waals surface area contributed by atoms with E-state index in [-0.39, 0.29) is 17.3 Å². The molecule has 4 rings (SSSR count). The van der Waals surface area contributed by atoms with Gasteiger partial charge in [-0.05, 0) is 25.3 Å². The number of nitrogens with zero attached hydrogens (tertiary/aromatic N) is 3. The summed E-state index contributed by atoms with van der Waals surface area (Å²) in [6, 6.07) is 8.99. The van der Waals surface area contributed by atoms with Crippen molar-refractivity contribution in [2.45, 2.75) is 38.9 Å². The minimum Gasteiger partial charge on any atom is -0.503 e. The minimum absolute atomic E-state index is 0.0691. The molecule has 1 fully saturated rings. The number of carbonyl (C=O) groups excluding carboxylic acids is 2. The fourth-order valence-electron chi connectivity index (χ4n) is 3.45. The lowest BCUT2D eigenvalue weighted by atomic mass is 9.96. The maximum Gasteiger partial charge on any atom is 0.290 e. The van der Waals surface area contributed by atoms with Crippen molar-refractivity contribution in [2.75, 3.05) is 0 Å². The van der Waals surface area contributed by atoms with Crippen LogP contribution in [0, 0.1) is 5.92 Å². The van der Waals surface area contributed by atoms with Gasteiger partial charge in [0.1, 0.15) is 0 Å². The number of aliphatic hydroxyl groups is 1. The third-order valence-electron chi connectivity index (χ3n) is 5.01. The molecule has 1 aliphatic carbocycles. The van der Waals surface area contributed by atoms with Crippen molar-refractivity contribution < 1.29 is 14.7 Å². The number of aryl methyl sites for hydroxylation is 1. The summed E-state index contributed by atoms with van der Waals surface area (Å²) in [6.45, 7) is 3.00. The lowest BCUT2D eigenvalue weighted by Crippen LogP contribution is -2.30. The van der Waals surface area contributed by atoms with Crippen LogP contribution in [-0.4, -0.2) is 31.5 Å². The first-order valence-electron chi connectivity index (χ1n) is 8.94. The van der Waals surface area contributed by atoms with Gasteiger partial charge in [-0.2, -0.15) is 5.10 Å². The van der Waals surface area contributed by atoms with Crippen molar-refractivity contribution in [1.82, 2.24) is 14.7 Å². The van der Waals surface area contributed by atoms with Crippen LogP contribution in [0.2, 0.25) is 0 Å². The summed E-state index contributed by atoms with van der Waals surface area (Å²) in [6.07, 6.45) is 5.17. The quantitative estimate of drug-likeness (QED) is 0.868. The Bertz CT molecular complexity index is 881. The molecule has 6 nitrogen and oxygen atoms in total. The fourth-order valence-corrected chi connectivity index (χ4v) is 3.45. The highest BCUT2D eigenvalue weighted by Crippen LogP contribution is 2.43. The molecule has 1 amide bonds. The van der Waals surface area contributed by atoms with Crippen molar-refractivity contribution in [1.29, 1.82) is 0 Å². The highest BCUT2D eigenvalue weighted by Gasteiger charge is 2.47. The van der Waals surface area contributed by atoms with Crippen molar-refractivity contribution in [3.8, 4) is 0 Å². The average molecular weight is 351 g/mol. The second-order valence-electron chi connectivity index (χ2n) is 6.85. The number of rotatable bonds is 6. The average Bonchev–Trinajstić information content (AvgIpc) is 3.36. The Balaban J connectivity index is 1.74. The number of aliphatic hydroxyl groups excluding tert-OH is 1. The van der Waals surface area contributed by atoms with Gasteiger partial charge in [0.15, 0.2) is 11.5 Å². The van der Waals surface area contributed by atoms with Gasteiger partial charge in [-0.15, -0.1) is 0 Å². The van der Waals surface area contributed by atoms with Gasteiger partial charge in [0.05, 0.1) is 17.8 Å². The van der Waals surface area contributed by atoms with E-state index in [1.54, 1.807) is 15.8 Å². The molecule has 0 bridgehead atoms. The lowest BCUT2D eigenvalue weighted by Gasteiger charge is -2.25. The molecule has 0 spiro atoms. The molecule has 26 heavy (non-hydrogen) atoms. The van der Waals surface area contributed by atoms with Gasteiger partial charge in [0, 0.05) is 30.8 Å². The summed E-state index contributed by atoms with van der Waals surface area (Å²) in [7, 11) is 0. The molecule has 2 aliphatic rings. The molecule has 1 aromatic heterocycles. The van der Waals surface area contributed by atoms with Crippen LogP contribution in [0.5, 0.6) is 0 Å². The van der Waals surface area contributed by atoms with Crippen molar-refractivity contribution >= 4 is 11.7 Å². The molecule has 1 unspecified atom stereocenters. The largest absolute Gasteiger partial charge is 0.503 e. The van der Waals surface area contributed by atoms with Crippen LogP contribution >= 0.6 is 0 Å². The number of hydrogen-bond acceptors (Lipinski definition) is 4. The first kappa shape index (κ1) is 16.6. The Morgan fingerprint density at radius 1 is 1.27 bits per heavy atom. The monoisotopic (exact) mass is 351 g/mol. The molecule has 2 heterocycles. The Kier molecular flexibility index (Phi) is 4.11. The third kappa shape index (κ3) is 2.81. The maximum atomic E-state index is 12.8. The summed E-state index contributed by atoms with van der Waals surface area (Å²) >= 11 is 0. The second kappa shape index (κ2) is 6.44. The molecule has 1 aromatic carbocycles. The molecular formula is C20H21N3O3. The molecule has 6 heteroatoms. The number of aromatic nitrogens is 2. The topological polar surface area (TPSA) is 75.4 Å². The summed E-state index contributed by atoms with van der Waals surface area (Å²) in [5.74, 6) is -1.08. The summed E-state index contributed by atoms with van der Waals surface area (Å²) in [5, 5.41) is 14.8. The summed E-state index contributed by atoms with van der Waals surface area (Å²) in [5.41, 5.74) is 1.93. The van der Waals surface area contributed by atoms with E-state index in [1.165, 1.54) is 0 Å². The van der Waals surface area contributed by atoms with Crippen LogP contribution in [0.1, 0.15) is 36.9 Å². The van der Waals surface area contributed by atoms with Crippen molar-refractivity contribution in [2.24, 2.45) is 5.92 Å². The van der Waals surface area contributed by atoms with E-state index in [0.717, 1.165) is 24.0 Å². The van der Waals surface area contributed by atoms with Gasteiger partial charge in [0.2, 0.25) is 0 Å². The number of Topliss-reactive ketones (excluding diaryl/α,β-unsaturated/α-hetero) is 1. The molecule has 1 aliphatic heterocycles. The molecule has 2 aromatic rings. The predicted molar refractivity (Wildman–Crippen MR) is 95.0 cm³/mol. The van der Waals surface area contributed by atoms with Gasteiger partial charge < -0.3 is 10.0 Å². The molecule has 0 radical (unpaired) electrons. The normalized spacial score (nSPS) is 20.1. The van der Waals surface area contributed by atoms with E-state index in [2.05, 4.69) is 5.10 Å². The Labute approximate surface area is 151 Å². The van der Waals surface area contributed by atoms with Crippen molar-refractivity contribution in [3.63, 3.8) is 0 Å². The van der Waals surface area contributed by atoms with Gasteiger partial charge in [-0.1, -0.05) is 30.3 Å². The summed E-state index contributed by atoms with van der Waals surface area (Å²) in [4.78, 5) is 27.1. The smallest absolute Gasteiger partial charge is 0.290 e. The fraction of sp³-hybridized carbons (Fsp3) is 0.350. The molecule has 0 saturated heterocycles.